The number of carboxylic acid groups (broad SMARTS) is 4. The van der Waals surface area contributed by atoms with E-state index in [4.69, 9.17) is 30.3 Å². The highest BCUT2D eigenvalue weighted by molar-refractivity contribution is 7.13. The molecule has 242 valence electrons. The van der Waals surface area contributed by atoms with E-state index in [0.717, 1.165) is 48.7 Å². The minimum absolute atomic E-state index is 0.0199. The smallest absolute Gasteiger partial charge is 0.408 e. The summed E-state index contributed by atoms with van der Waals surface area (Å²) >= 11 is 1.48. The molecule has 14 nitrogen and oxygen atoms in total. The minimum Gasteiger partial charge on any atom is -0.481 e. The van der Waals surface area contributed by atoms with Gasteiger partial charge in [0.25, 0.3) is 0 Å². The molecule has 3 saturated heterocycles. The zero-order valence-corrected chi connectivity index (χ0v) is 25.0. The molecule has 3 fully saturated rings. The highest BCUT2D eigenvalue weighted by Gasteiger charge is 2.37. The van der Waals surface area contributed by atoms with Gasteiger partial charge in [0.05, 0.1) is 30.5 Å². The summed E-state index contributed by atoms with van der Waals surface area (Å²) in [6.45, 7) is 6.89. The molecular weight excluding hydrogens is 605 g/mol. The van der Waals surface area contributed by atoms with Crippen molar-refractivity contribution in [1.82, 2.24) is 15.2 Å². The molecule has 1 aromatic carbocycles. The van der Waals surface area contributed by atoms with Gasteiger partial charge in [0, 0.05) is 17.5 Å². The van der Waals surface area contributed by atoms with Crippen LogP contribution in [-0.2, 0) is 29.5 Å². The van der Waals surface area contributed by atoms with E-state index in [-0.39, 0.29) is 24.8 Å². The number of halogens is 1. The number of aliphatic hydroxyl groups is 1. The predicted molar refractivity (Wildman–Crippen MR) is 154 cm³/mol. The second-order valence-corrected chi connectivity index (χ2v) is 11.5. The van der Waals surface area contributed by atoms with E-state index in [9.17, 15) is 28.4 Å². The van der Waals surface area contributed by atoms with Crippen LogP contribution < -0.4 is 5.32 Å². The van der Waals surface area contributed by atoms with Crippen molar-refractivity contribution < 1.29 is 58.6 Å². The van der Waals surface area contributed by atoms with E-state index in [1.807, 2.05) is 19.2 Å². The van der Waals surface area contributed by atoms with Crippen LogP contribution in [-0.4, -0.2) is 97.2 Å². The summed E-state index contributed by atoms with van der Waals surface area (Å²) in [6.07, 6.45) is -1.34. The normalized spacial score (nSPS) is 19.2. The number of piperidine rings is 3. The fourth-order valence-corrected chi connectivity index (χ4v) is 5.28. The molecule has 1 aromatic heterocycles. The number of amides is 1. The number of benzene rings is 1. The van der Waals surface area contributed by atoms with E-state index >= 15 is 0 Å². The van der Waals surface area contributed by atoms with Crippen LogP contribution in [0.15, 0.2) is 29.6 Å². The van der Waals surface area contributed by atoms with Crippen LogP contribution in [0, 0.1) is 11.7 Å². The second-order valence-electron chi connectivity index (χ2n) is 10.6. The summed E-state index contributed by atoms with van der Waals surface area (Å²) in [5.74, 6) is -4.79. The molecule has 6 N–H and O–H groups in total. The van der Waals surface area contributed by atoms with Crippen LogP contribution in [0.5, 0.6) is 0 Å². The minimum atomic E-state index is -1.79. The number of aliphatic carboxylic acids is 4. The molecular formula is C28H36FN3O11S. The predicted octanol–water partition coefficient (Wildman–Crippen LogP) is 2.85. The molecule has 16 heteroatoms. The van der Waals surface area contributed by atoms with E-state index in [1.165, 1.54) is 23.5 Å². The molecule has 2 bridgehead atoms. The van der Waals surface area contributed by atoms with Gasteiger partial charge in [-0.1, -0.05) is 0 Å². The Balaban J connectivity index is 0.000000328. The van der Waals surface area contributed by atoms with Crippen LogP contribution in [0.25, 0.3) is 10.6 Å². The SMILES string of the molecule is CC(C)(NC(=O)O[C@@H]1CN2CCC1CC2)c1csc(-c2ccc(F)cc2)n1.O=C(O)CCC(=O)O.O=C(O)C[C@H](O)C(=O)O. The van der Waals surface area contributed by atoms with E-state index in [0.29, 0.717) is 5.92 Å². The first-order valence-electron chi connectivity index (χ1n) is 13.6. The van der Waals surface area contributed by atoms with Crippen molar-refractivity contribution in [3.63, 3.8) is 0 Å². The molecule has 3 aliphatic rings. The average Bonchev–Trinajstić information content (AvgIpc) is 3.45. The lowest BCUT2D eigenvalue weighted by Crippen LogP contribution is -2.53. The number of aliphatic hydroxyl groups excluding tert-OH is 1. The van der Waals surface area contributed by atoms with Crippen molar-refractivity contribution in [1.29, 1.82) is 0 Å². The highest BCUT2D eigenvalue weighted by atomic mass is 32.1. The Bertz CT molecular complexity index is 1280. The summed E-state index contributed by atoms with van der Waals surface area (Å²) < 4.78 is 18.8. The van der Waals surface area contributed by atoms with Crippen molar-refractivity contribution in [3.8, 4) is 10.6 Å². The zero-order chi connectivity index (χ0) is 33.0. The molecule has 2 atom stereocenters. The van der Waals surface area contributed by atoms with Gasteiger partial charge in [0.1, 0.15) is 16.9 Å². The molecule has 3 aliphatic heterocycles. The number of rotatable bonds is 10. The Kier molecular flexibility index (Phi) is 13.6. The number of nitrogens with one attached hydrogen (secondary N) is 1. The number of carboxylic acids is 4. The molecule has 0 aliphatic carbocycles. The van der Waals surface area contributed by atoms with Gasteiger partial charge in [0.15, 0.2) is 6.10 Å². The number of nitrogens with zero attached hydrogens (tertiary/aromatic N) is 2. The zero-order valence-electron chi connectivity index (χ0n) is 24.1. The van der Waals surface area contributed by atoms with E-state index in [1.54, 1.807) is 12.1 Å². The number of carbonyl (C=O) groups is 5. The molecule has 0 saturated carbocycles. The number of hydrogen-bond acceptors (Lipinski definition) is 10. The third-order valence-corrected chi connectivity index (χ3v) is 7.60. The van der Waals surface area contributed by atoms with Gasteiger partial charge in [-0.2, -0.15) is 0 Å². The first-order chi connectivity index (χ1) is 20.6. The average molecular weight is 642 g/mol. The Morgan fingerprint density at radius 2 is 1.59 bits per heavy atom. The molecule has 5 rings (SSSR count). The first-order valence-corrected chi connectivity index (χ1v) is 14.4. The van der Waals surface area contributed by atoms with Crippen molar-refractivity contribution in [3.05, 3.63) is 41.2 Å². The van der Waals surface area contributed by atoms with Gasteiger partial charge < -0.3 is 35.6 Å². The maximum absolute atomic E-state index is 13.1. The van der Waals surface area contributed by atoms with Crippen LogP contribution in [0.3, 0.4) is 0 Å². The Morgan fingerprint density at radius 1 is 1.02 bits per heavy atom. The van der Waals surface area contributed by atoms with Gasteiger partial charge >= 0.3 is 30.0 Å². The number of thiazole rings is 1. The quantitative estimate of drug-likeness (QED) is 0.220. The molecule has 44 heavy (non-hydrogen) atoms. The maximum atomic E-state index is 13.1. The Hall–Kier alpha value is -4.15. The lowest BCUT2D eigenvalue weighted by molar-refractivity contribution is -0.152. The summed E-state index contributed by atoms with van der Waals surface area (Å²) in [5, 5.41) is 45.6. The van der Waals surface area contributed by atoms with E-state index < -0.39 is 48.0 Å². The highest BCUT2D eigenvalue weighted by Crippen LogP contribution is 2.31. The third-order valence-electron chi connectivity index (χ3n) is 6.71. The van der Waals surface area contributed by atoms with Crippen LogP contribution in [0.4, 0.5) is 9.18 Å². The maximum Gasteiger partial charge on any atom is 0.408 e. The summed E-state index contributed by atoms with van der Waals surface area (Å²) in [4.78, 5) is 58.2. The van der Waals surface area contributed by atoms with Crippen LogP contribution in [0.1, 0.15) is 51.6 Å². The van der Waals surface area contributed by atoms with Crippen molar-refractivity contribution >= 4 is 41.3 Å². The fraction of sp³-hybridized carbons (Fsp3) is 0.500. The molecule has 0 spiro atoms. The van der Waals surface area contributed by atoms with Gasteiger partial charge in [-0.15, -0.1) is 11.3 Å². The fourth-order valence-electron chi connectivity index (χ4n) is 4.28. The topological polar surface area (TPSA) is 224 Å². The van der Waals surface area contributed by atoms with E-state index in [2.05, 4.69) is 15.2 Å². The summed E-state index contributed by atoms with van der Waals surface area (Å²) in [6, 6.07) is 6.26. The van der Waals surface area contributed by atoms with Crippen LogP contribution in [0.2, 0.25) is 0 Å². The monoisotopic (exact) mass is 641 g/mol. The lowest BCUT2D eigenvalue weighted by atomic mass is 9.86. The number of fused-ring (bicyclic) bond motifs is 3. The largest absolute Gasteiger partial charge is 0.481 e. The molecule has 2 aromatic rings. The number of aromatic nitrogens is 1. The first kappa shape index (κ1) is 36.0. The third kappa shape index (κ3) is 12.2. The van der Waals surface area contributed by atoms with Gasteiger partial charge in [-0.25, -0.2) is 19.0 Å². The van der Waals surface area contributed by atoms with Crippen LogP contribution >= 0.6 is 11.3 Å². The number of hydrogen-bond donors (Lipinski definition) is 6. The number of ether oxygens (including phenoxy) is 1. The van der Waals surface area contributed by atoms with Crippen molar-refractivity contribution in [2.45, 2.75) is 63.7 Å². The molecule has 0 unspecified atom stereocenters. The molecule has 4 heterocycles. The second kappa shape index (κ2) is 16.6. The van der Waals surface area contributed by atoms with Crippen molar-refractivity contribution in [2.75, 3.05) is 19.6 Å². The van der Waals surface area contributed by atoms with Gasteiger partial charge in [-0.05, 0) is 70.0 Å². The Labute approximate surface area is 256 Å². The lowest BCUT2D eigenvalue weighted by Gasteiger charge is -2.44. The summed E-state index contributed by atoms with van der Waals surface area (Å²) in [7, 11) is 0. The molecule has 0 radical (unpaired) electrons. The standard InChI is InChI=1S/C20H24FN3O2S.C4H6O5.C4H6O4/c1-20(2,17-12-27-18(22-17)14-3-5-15(21)6-4-14)23-19(25)26-16-11-24-9-7-13(16)8-10-24;5-2(4(8)9)1-3(6)7;5-3(6)1-2-4(7)8/h3-6,12-13,16H,7-11H2,1-2H3,(H,23,25);2,5H,1H2,(H,6,7)(H,8,9);1-2H2,(H,5,6)(H,7,8)/t16-;2-;/m10./s1. The Morgan fingerprint density at radius 3 is 2.02 bits per heavy atom. The van der Waals surface area contributed by atoms with Gasteiger partial charge in [-0.3, -0.25) is 19.3 Å². The summed E-state index contributed by atoms with van der Waals surface area (Å²) in [5.41, 5.74) is 0.968. The molecule has 1 amide bonds. The number of alkyl carbamates (subject to hydrolysis) is 1. The van der Waals surface area contributed by atoms with Crippen molar-refractivity contribution in [2.24, 2.45) is 5.92 Å². The van der Waals surface area contributed by atoms with Gasteiger partial charge in [0.2, 0.25) is 0 Å². The number of carbonyl (C=O) groups excluding carboxylic acids is 1.